The Labute approximate surface area is 168 Å². The first kappa shape index (κ1) is 19.9. The SMILES string of the molecule is CC1NNC(C)C1CCC(=O)NCc1cc2n(n1)CCN(C1CCCCC1)C2. The molecule has 156 valence electrons. The van der Waals surface area contributed by atoms with Gasteiger partial charge in [0.15, 0.2) is 0 Å². The van der Waals surface area contributed by atoms with Gasteiger partial charge < -0.3 is 5.32 Å². The first-order valence-electron chi connectivity index (χ1n) is 11.2. The van der Waals surface area contributed by atoms with Crippen LogP contribution in [-0.2, 0) is 24.4 Å². The third-order valence-electron chi connectivity index (χ3n) is 6.96. The van der Waals surface area contributed by atoms with E-state index < -0.39 is 0 Å². The fourth-order valence-electron chi connectivity index (χ4n) is 5.18. The number of aromatic nitrogens is 2. The molecule has 7 heteroatoms. The van der Waals surface area contributed by atoms with Crippen LogP contribution in [0, 0.1) is 5.92 Å². The monoisotopic (exact) mass is 388 g/mol. The van der Waals surface area contributed by atoms with Crippen molar-refractivity contribution in [3.8, 4) is 0 Å². The molecule has 7 nitrogen and oxygen atoms in total. The maximum absolute atomic E-state index is 12.3. The van der Waals surface area contributed by atoms with Crippen LogP contribution in [0.25, 0.3) is 0 Å². The number of hydrogen-bond donors (Lipinski definition) is 3. The molecule has 0 radical (unpaired) electrons. The highest BCUT2D eigenvalue weighted by atomic mass is 16.1. The molecule has 2 atom stereocenters. The largest absolute Gasteiger partial charge is 0.350 e. The van der Waals surface area contributed by atoms with E-state index >= 15 is 0 Å². The number of nitrogens with one attached hydrogen (secondary N) is 3. The van der Waals surface area contributed by atoms with Crippen molar-refractivity contribution < 1.29 is 4.79 Å². The highest BCUT2D eigenvalue weighted by Gasteiger charge is 2.30. The molecule has 28 heavy (non-hydrogen) atoms. The zero-order valence-electron chi connectivity index (χ0n) is 17.4. The van der Waals surface area contributed by atoms with Crippen molar-refractivity contribution in [2.75, 3.05) is 6.54 Å². The highest BCUT2D eigenvalue weighted by Crippen LogP contribution is 2.26. The van der Waals surface area contributed by atoms with Gasteiger partial charge in [-0.3, -0.25) is 25.2 Å². The van der Waals surface area contributed by atoms with E-state index in [0.29, 0.717) is 31.0 Å². The summed E-state index contributed by atoms with van der Waals surface area (Å²) in [5.41, 5.74) is 8.80. The Morgan fingerprint density at radius 3 is 2.68 bits per heavy atom. The van der Waals surface area contributed by atoms with Gasteiger partial charge in [-0.15, -0.1) is 0 Å². The molecule has 1 amide bonds. The van der Waals surface area contributed by atoms with Crippen molar-refractivity contribution in [1.82, 2.24) is 30.8 Å². The molecule has 0 aromatic carbocycles. The molecule has 1 saturated heterocycles. The number of amides is 1. The maximum Gasteiger partial charge on any atom is 0.220 e. The molecule has 1 aromatic heterocycles. The summed E-state index contributed by atoms with van der Waals surface area (Å²) in [7, 11) is 0. The quantitative estimate of drug-likeness (QED) is 0.694. The molecular formula is C21H36N6O. The minimum Gasteiger partial charge on any atom is -0.350 e. The summed E-state index contributed by atoms with van der Waals surface area (Å²) in [6.07, 6.45) is 8.33. The molecule has 1 aliphatic carbocycles. The van der Waals surface area contributed by atoms with Crippen LogP contribution in [0.15, 0.2) is 6.07 Å². The van der Waals surface area contributed by atoms with Crippen LogP contribution < -0.4 is 16.2 Å². The lowest BCUT2D eigenvalue weighted by Crippen LogP contribution is -2.42. The Balaban J connectivity index is 1.24. The van der Waals surface area contributed by atoms with Crippen molar-refractivity contribution in [3.63, 3.8) is 0 Å². The number of carbonyl (C=O) groups excluding carboxylic acids is 1. The number of hydrazine groups is 1. The molecular weight excluding hydrogens is 352 g/mol. The second-order valence-electron chi connectivity index (χ2n) is 8.96. The third-order valence-corrected chi connectivity index (χ3v) is 6.96. The lowest BCUT2D eigenvalue weighted by Gasteiger charge is -2.36. The van der Waals surface area contributed by atoms with E-state index in [0.717, 1.165) is 37.8 Å². The Kier molecular flexibility index (Phi) is 6.33. The Morgan fingerprint density at radius 2 is 1.93 bits per heavy atom. The fraction of sp³-hybridized carbons (Fsp3) is 0.810. The fourth-order valence-corrected chi connectivity index (χ4v) is 5.18. The molecule has 2 unspecified atom stereocenters. The average Bonchev–Trinajstić information content (AvgIpc) is 3.27. The maximum atomic E-state index is 12.3. The van der Waals surface area contributed by atoms with Gasteiger partial charge in [0.1, 0.15) is 0 Å². The first-order valence-corrected chi connectivity index (χ1v) is 11.2. The Morgan fingerprint density at radius 1 is 1.18 bits per heavy atom. The summed E-state index contributed by atoms with van der Waals surface area (Å²) in [5, 5.41) is 7.79. The van der Waals surface area contributed by atoms with Gasteiger partial charge in [-0.1, -0.05) is 19.3 Å². The predicted molar refractivity (Wildman–Crippen MR) is 109 cm³/mol. The zero-order valence-corrected chi connectivity index (χ0v) is 17.4. The van der Waals surface area contributed by atoms with E-state index in [9.17, 15) is 4.79 Å². The van der Waals surface area contributed by atoms with E-state index in [2.05, 4.69) is 45.7 Å². The average molecular weight is 389 g/mol. The van der Waals surface area contributed by atoms with Crippen molar-refractivity contribution in [2.45, 2.75) is 96.6 Å². The molecule has 2 aliphatic heterocycles. The number of carbonyl (C=O) groups is 1. The summed E-state index contributed by atoms with van der Waals surface area (Å²) in [5.74, 6) is 0.623. The summed E-state index contributed by atoms with van der Waals surface area (Å²) in [6.45, 7) is 7.95. The molecule has 3 heterocycles. The standard InChI is InChI=1S/C21H36N6O/c1-15-20(16(2)24-23-15)8-9-21(28)22-13-17-12-19-14-26(10-11-27(19)25-17)18-6-4-3-5-7-18/h12,15-16,18,20,23-24H,3-11,13-14H2,1-2H3,(H,22,28). The van der Waals surface area contributed by atoms with Crippen LogP contribution in [0.3, 0.4) is 0 Å². The molecule has 1 saturated carbocycles. The van der Waals surface area contributed by atoms with Crippen molar-refractivity contribution >= 4 is 5.91 Å². The normalized spacial score (nSPS) is 29.0. The molecule has 3 N–H and O–H groups in total. The van der Waals surface area contributed by atoms with Gasteiger partial charge in [0, 0.05) is 37.6 Å². The van der Waals surface area contributed by atoms with Gasteiger partial charge in [-0.05, 0) is 45.1 Å². The van der Waals surface area contributed by atoms with Gasteiger partial charge in [-0.2, -0.15) is 5.10 Å². The minimum absolute atomic E-state index is 0.126. The van der Waals surface area contributed by atoms with E-state index in [1.54, 1.807) is 0 Å². The van der Waals surface area contributed by atoms with E-state index in [1.807, 2.05) is 0 Å². The van der Waals surface area contributed by atoms with Gasteiger partial charge in [-0.25, -0.2) is 0 Å². The topological polar surface area (TPSA) is 74.2 Å². The van der Waals surface area contributed by atoms with Crippen LogP contribution >= 0.6 is 0 Å². The lowest BCUT2D eigenvalue weighted by molar-refractivity contribution is -0.121. The first-order chi connectivity index (χ1) is 13.6. The van der Waals surface area contributed by atoms with Crippen LogP contribution in [0.1, 0.15) is 70.2 Å². The Bertz CT molecular complexity index is 658. The van der Waals surface area contributed by atoms with E-state index in [-0.39, 0.29) is 5.91 Å². The Hall–Kier alpha value is -1.44. The predicted octanol–water partition coefficient (Wildman–Crippen LogP) is 1.93. The van der Waals surface area contributed by atoms with Crippen molar-refractivity contribution in [2.24, 2.45) is 5.92 Å². The number of nitrogens with zero attached hydrogens (tertiary/aromatic N) is 3. The smallest absolute Gasteiger partial charge is 0.220 e. The summed E-state index contributed by atoms with van der Waals surface area (Å²) in [6, 6.07) is 3.76. The number of hydrogen-bond acceptors (Lipinski definition) is 5. The number of rotatable bonds is 6. The molecule has 2 fully saturated rings. The molecule has 1 aromatic rings. The van der Waals surface area contributed by atoms with Crippen molar-refractivity contribution in [1.29, 1.82) is 0 Å². The van der Waals surface area contributed by atoms with Crippen LogP contribution in [-0.4, -0.2) is 45.3 Å². The van der Waals surface area contributed by atoms with E-state index in [1.165, 1.54) is 37.8 Å². The zero-order chi connectivity index (χ0) is 19.5. The minimum atomic E-state index is 0.126. The molecule has 4 rings (SSSR count). The molecule has 3 aliphatic rings. The summed E-state index contributed by atoms with van der Waals surface area (Å²) >= 11 is 0. The molecule has 0 bridgehead atoms. The van der Waals surface area contributed by atoms with Crippen LogP contribution in [0.5, 0.6) is 0 Å². The van der Waals surface area contributed by atoms with Gasteiger partial charge in [0.25, 0.3) is 0 Å². The lowest BCUT2D eigenvalue weighted by atomic mass is 9.91. The highest BCUT2D eigenvalue weighted by molar-refractivity contribution is 5.75. The van der Waals surface area contributed by atoms with Crippen molar-refractivity contribution in [3.05, 3.63) is 17.5 Å². The molecule has 0 spiro atoms. The second-order valence-corrected chi connectivity index (χ2v) is 8.96. The second kappa shape index (κ2) is 8.93. The van der Waals surface area contributed by atoms with Crippen LogP contribution in [0.4, 0.5) is 0 Å². The summed E-state index contributed by atoms with van der Waals surface area (Å²) in [4.78, 5) is 14.9. The van der Waals surface area contributed by atoms with Gasteiger partial charge in [0.2, 0.25) is 5.91 Å². The third kappa shape index (κ3) is 4.58. The summed E-state index contributed by atoms with van der Waals surface area (Å²) < 4.78 is 2.14. The van der Waals surface area contributed by atoms with E-state index in [4.69, 9.17) is 5.10 Å². The number of fused-ring (bicyclic) bond motifs is 1. The van der Waals surface area contributed by atoms with Gasteiger partial charge >= 0.3 is 0 Å². The van der Waals surface area contributed by atoms with Gasteiger partial charge in [0.05, 0.1) is 24.5 Å². The van der Waals surface area contributed by atoms with Crippen LogP contribution in [0.2, 0.25) is 0 Å².